The third kappa shape index (κ3) is 4.73. The normalized spacial score (nSPS) is 18.7. The molecule has 0 aliphatic heterocycles. The second-order valence-electron chi connectivity index (χ2n) is 5.06. The molecule has 0 saturated heterocycles. The number of carboxylic acid groups (broad SMARTS) is 1. The van der Waals surface area contributed by atoms with Crippen molar-refractivity contribution < 1.29 is 14.7 Å². The molecule has 1 aliphatic carbocycles. The maximum absolute atomic E-state index is 11.9. The van der Waals surface area contributed by atoms with Gasteiger partial charge in [-0.3, -0.25) is 9.59 Å². The zero-order valence-corrected chi connectivity index (χ0v) is 10.4. The first kappa shape index (κ1) is 14.0. The standard InChI is InChI=1S/C12H22N2O3/c1-14(8-5-11(16)17)10(15)9-12(13)6-3-2-4-7-12/h2-9,13H2,1H3,(H,16,17). The smallest absolute Gasteiger partial charge is 0.305 e. The van der Waals surface area contributed by atoms with Crippen LogP contribution in [-0.4, -0.2) is 41.0 Å². The molecule has 1 rings (SSSR count). The van der Waals surface area contributed by atoms with E-state index in [4.69, 9.17) is 10.8 Å². The van der Waals surface area contributed by atoms with Gasteiger partial charge in [0.25, 0.3) is 0 Å². The Morgan fingerprint density at radius 1 is 1.29 bits per heavy atom. The van der Waals surface area contributed by atoms with Crippen molar-refractivity contribution >= 4 is 11.9 Å². The first-order valence-corrected chi connectivity index (χ1v) is 6.18. The number of carbonyl (C=O) groups is 2. The molecule has 5 heteroatoms. The third-order valence-corrected chi connectivity index (χ3v) is 3.44. The Balaban J connectivity index is 2.39. The lowest BCUT2D eigenvalue weighted by molar-refractivity contribution is -0.138. The average molecular weight is 242 g/mol. The number of aliphatic carboxylic acids is 1. The van der Waals surface area contributed by atoms with Gasteiger partial charge in [0.05, 0.1) is 6.42 Å². The lowest BCUT2D eigenvalue weighted by Crippen LogP contribution is -2.46. The number of carboxylic acids is 1. The number of carbonyl (C=O) groups excluding carboxylic acids is 1. The molecule has 0 aromatic heterocycles. The fourth-order valence-electron chi connectivity index (χ4n) is 2.26. The molecule has 1 saturated carbocycles. The molecule has 17 heavy (non-hydrogen) atoms. The van der Waals surface area contributed by atoms with E-state index in [1.165, 1.54) is 11.3 Å². The summed E-state index contributed by atoms with van der Waals surface area (Å²) in [5, 5.41) is 8.55. The van der Waals surface area contributed by atoms with Crippen LogP contribution in [0.15, 0.2) is 0 Å². The minimum atomic E-state index is -0.884. The van der Waals surface area contributed by atoms with Crippen LogP contribution in [0.25, 0.3) is 0 Å². The summed E-state index contributed by atoms with van der Waals surface area (Å²) in [6.07, 6.45) is 5.48. The molecule has 3 N–H and O–H groups in total. The molecular formula is C12H22N2O3. The predicted molar refractivity (Wildman–Crippen MR) is 64.5 cm³/mol. The van der Waals surface area contributed by atoms with E-state index in [1.807, 2.05) is 0 Å². The molecule has 0 aromatic carbocycles. The highest BCUT2D eigenvalue weighted by molar-refractivity contribution is 5.78. The maximum Gasteiger partial charge on any atom is 0.305 e. The molecule has 1 aliphatic rings. The maximum atomic E-state index is 11.9. The van der Waals surface area contributed by atoms with Crippen LogP contribution in [0.5, 0.6) is 0 Å². The summed E-state index contributed by atoms with van der Waals surface area (Å²) in [6.45, 7) is 0.254. The van der Waals surface area contributed by atoms with E-state index in [9.17, 15) is 9.59 Å². The Hall–Kier alpha value is -1.10. The van der Waals surface area contributed by atoms with Crippen LogP contribution < -0.4 is 5.73 Å². The minimum Gasteiger partial charge on any atom is -0.481 e. The van der Waals surface area contributed by atoms with Gasteiger partial charge in [-0.05, 0) is 12.8 Å². The topological polar surface area (TPSA) is 83.6 Å². The number of hydrogen-bond acceptors (Lipinski definition) is 3. The summed E-state index contributed by atoms with van der Waals surface area (Å²) in [6, 6.07) is 0. The molecule has 0 aromatic rings. The molecule has 1 amide bonds. The molecule has 0 heterocycles. The number of amides is 1. The molecular weight excluding hydrogens is 220 g/mol. The van der Waals surface area contributed by atoms with E-state index >= 15 is 0 Å². The van der Waals surface area contributed by atoms with Crippen molar-refractivity contribution in [3.05, 3.63) is 0 Å². The van der Waals surface area contributed by atoms with E-state index in [-0.39, 0.29) is 24.4 Å². The van der Waals surface area contributed by atoms with Crippen LogP contribution in [0.3, 0.4) is 0 Å². The lowest BCUT2D eigenvalue weighted by Gasteiger charge is -2.34. The zero-order chi connectivity index (χ0) is 12.9. The summed E-state index contributed by atoms with van der Waals surface area (Å²) in [5.74, 6) is -0.930. The average Bonchev–Trinajstić information content (AvgIpc) is 2.26. The Kier molecular flexibility index (Phi) is 4.93. The summed E-state index contributed by atoms with van der Waals surface area (Å²) < 4.78 is 0. The Labute approximate surface area is 102 Å². The van der Waals surface area contributed by atoms with Crippen molar-refractivity contribution in [2.75, 3.05) is 13.6 Å². The fourth-order valence-corrected chi connectivity index (χ4v) is 2.26. The molecule has 1 fully saturated rings. The van der Waals surface area contributed by atoms with Crippen molar-refractivity contribution in [1.29, 1.82) is 0 Å². The van der Waals surface area contributed by atoms with E-state index in [0.717, 1.165) is 25.7 Å². The van der Waals surface area contributed by atoms with Gasteiger partial charge in [0.1, 0.15) is 0 Å². The minimum absolute atomic E-state index is 0.0141. The number of nitrogens with two attached hydrogens (primary N) is 1. The highest BCUT2D eigenvalue weighted by atomic mass is 16.4. The Morgan fingerprint density at radius 3 is 2.41 bits per heavy atom. The first-order valence-electron chi connectivity index (χ1n) is 6.18. The van der Waals surface area contributed by atoms with Crippen LogP contribution in [0.1, 0.15) is 44.9 Å². The van der Waals surface area contributed by atoms with Gasteiger partial charge < -0.3 is 15.7 Å². The van der Waals surface area contributed by atoms with Crippen LogP contribution in [0.2, 0.25) is 0 Å². The number of nitrogens with zero attached hydrogens (tertiary/aromatic N) is 1. The predicted octanol–water partition coefficient (Wildman–Crippen LogP) is 0.971. The summed E-state index contributed by atoms with van der Waals surface area (Å²) in [7, 11) is 1.64. The quantitative estimate of drug-likeness (QED) is 0.752. The molecule has 0 unspecified atom stereocenters. The second kappa shape index (κ2) is 6.00. The van der Waals surface area contributed by atoms with Crippen molar-refractivity contribution in [1.82, 2.24) is 4.90 Å². The van der Waals surface area contributed by atoms with Crippen molar-refractivity contribution in [3.63, 3.8) is 0 Å². The van der Waals surface area contributed by atoms with E-state index in [0.29, 0.717) is 6.42 Å². The summed E-state index contributed by atoms with van der Waals surface area (Å²) >= 11 is 0. The highest BCUT2D eigenvalue weighted by Crippen LogP contribution is 2.29. The Bertz CT molecular complexity index is 285. The lowest BCUT2D eigenvalue weighted by atomic mass is 9.80. The first-order chi connectivity index (χ1) is 7.93. The van der Waals surface area contributed by atoms with E-state index in [2.05, 4.69) is 0 Å². The van der Waals surface area contributed by atoms with Gasteiger partial charge >= 0.3 is 5.97 Å². The molecule has 0 bridgehead atoms. The molecule has 0 spiro atoms. The molecule has 0 atom stereocenters. The molecule has 98 valence electrons. The van der Waals surface area contributed by atoms with Crippen LogP contribution in [-0.2, 0) is 9.59 Å². The third-order valence-electron chi connectivity index (χ3n) is 3.44. The Morgan fingerprint density at radius 2 is 1.88 bits per heavy atom. The van der Waals surface area contributed by atoms with Crippen LogP contribution >= 0.6 is 0 Å². The van der Waals surface area contributed by atoms with Crippen LogP contribution in [0.4, 0.5) is 0 Å². The highest BCUT2D eigenvalue weighted by Gasteiger charge is 2.31. The van der Waals surface area contributed by atoms with Crippen molar-refractivity contribution in [2.24, 2.45) is 5.73 Å². The molecule has 5 nitrogen and oxygen atoms in total. The van der Waals surface area contributed by atoms with E-state index < -0.39 is 5.97 Å². The van der Waals surface area contributed by atoms with Gasteiger partial charge in [0.15, 0.2) is 0 Å². The van der Waals surface area contributed by atoms with Gasteiger partial charge in [0.2, 0.25) is 5.91 Å². The van der Waals surface area contributed by atoms with Gasteiger partial charge in [-0.15, -0.1) is 0 Å². The van der Waals surface area contributed by atoms with Gasteiger partial charge in [-0.2, -0.15) is 0 Å². The number of rotatable bonds is 5. The monoisotopic (exact) mass is 242 g/mol. The largest absolute Gasteiger partial charge is 0.481 e. The van der Waals surface area contributed by atoms with Gasteiger partial charge in [-0.25, -0.2) is 0 Å². The summed E-state index contributed by atoms with van der Waals surface area (Å²) in [5.41, 5.74) is 5.82. The number of hydrogen-bond donors (Lipinski definition) is 2. The SMILES string of the molecule is CN(CCC(=O)O)C(=O)CC1(N)CCCCC1. The zero-order valence-electron chi connectivity index (χ0n) is 10.4. The van der Waals surface area contributed by atoms with E-state index in [1.54, 1.807) is 7.05 Å². The van der Waals surface area contributed by atoms with Crippen molar-refractivity contribution in [2.45, 2.75) is 50.5 Å². The van der Waals surface area contributed by atoms with Gasteiger partial charge in [-0.1, -0.05) is 19.3 Å². The van der Waals surface area contributed by atoms with Crippen LogP contribution in [0, 0.1) is 0 Å². The molecule has 0 radical (unpaired) electrons. The fraction of sp³-hybridized carbons (Fsp3) is 0.833. The van der Waals surface area contributed by atoms with Gasteiger partial charge in [0, 0.05) is 25.6 Å². The summed E-state index contributed by atoms with van der Waals surface area (Å²) in [4.78, 5) is 23.8. The van der Waals surface area contributed by atoms with Crippen molar-refractivity contribution in [3.8, 4) is 0 Å². The second-order valence-corrected chi connectivity index (χ2v) is 5.06.